The average Bonchev–Trinajstić information content (AvgIpc) is 2.82. The molecule has 0 aliphatic carbocycles. The zero-order chi connectivity index (χ0) is 13.8. The van der Waals surface area contributed by atoms with Crippen LogP contribution >= 0.6 is 11.3 Å². The third kappa shape index (κ3) is 3.10. The van der Waals surface area contributed by atoms with Gasteiger partial charge in [0.2, 0.25) is 0 Å². The van der Waals surface area contributed by atoms with Crippen LogP contribution in [0.2, 0.25) is 0 Å². The molecular weight excluding hydrogens is 270 g/mol. The number of nitrogens with two attached hydrogens (primary N) is 1. The van der Waals surface area contributed by atoms with Crippen molar-refractivity contribution in [3.05, 3.63) is 39.4 Å². The number of rotatable bonds is 5. The summed E-state index contributed by atoms with van der Waals surface area (Å²) in [5.41, 5.74) is 5.35. The molecule has 0 amide bonds. The maximum absolute atomic E-state index is 10.9. The number of hydrogen-bond donors (Lipinski definition) is 1. The molecule has 0 atom stereocenters. The van der Waals surface area contributed by atoms with Crippen molar-refractivity contribution in [2.75, 3.05) is 12.8 Å². The van der Waals surface area contributed by atoms with E-state index in [2.05, 4.69) is 4.98 Å². The zero-order valence-corrected chi connectivity index (χ0v) is 10.8. The first-order valence-corrected chi connectivity index (χ1v) is 6.07. The summed E-state index contributed by atoms with van der Waals surface area (Å²) >= 11 is 1.28. The Labute approximate surface area is 112 Å². The Morgan fingerprint density at radius 2 is 2.32 bits per heavy atom. The van der Waals surface area contributed by atoms with Gasteiger partial charge in [0.15, 0.2) is 10.9 Å². The van der Waals surface area contributed by atoms with E-state index in [4.69, 9.17) is 15.2 Å². The third-order valence-electron chi connectivity index (χ3n) is 2.30. The van der Waals surface area contributed by atoms with E-state index in [9.17, 15) is 10.1 Å². The van der Waals surface area contributed by atoms with Crippen LogP contribution in [-0.2, 0) is 6.61 Å². The van der Waals surface area contributed by atoms with Gasteiger partial charge in [0, 0.05) is 6.20 Å². The van der Waals surface area contributed by atoms with Gasteiger partial charge < -0.3 is 15.2 Å². The van der Waals surface area contributed by atoms with Crippen LogP contribution in [0.4, 0.5) is 10.8 Å². The number of methoxy groups -OCH3 is 1. The highest BCUT2D eigenvalue weighted by molar-refractivity contribution is 7.15. The van der Waals surface area contributed by atoms with Gasteiger partial charge in [0.1, 0.15) is 12.4 Å². The molecule has 0 aliphatic rings. The van der Waals surface area contributed by atoms with Crippen LogP contribution in [0.15, 0.2) is 24.4 Å². The molecule has 0 fully saturated rings. The summed E-state index contributed by atoms with van der Waals surface area (Å²) in [6.07, 6.45) is 1.58. The van der Waals surface area contributed by atoms with Crippen LogP contribution in [0, 0.1) is 10.1 Å². The molecule has 1 aromatic carbocycles. The molecule has 0 saturated carbocycles. The maximum atomic E-state index is 10.9. The molecule has 2 aromatic rings. The molecule has 0 radical (unpaired) electrons. The fourth-order valence-electron chi connectivity index (χ4n) is 1.43. The molecule has 100 valence electrons. The lowest BCUT2D eigenvalue weighted by Crippen LogP contribution is -1.98. The molecule has 0 saturated heterocycles. The maximum Gasteiger partial charge on any atom is 0.314 e. The largest absolute Gasteiger partial charge is 0.496 e. The minimum absolute atomic E-state index is 0.142. The number of aromatic nitrogens is 1. The second kappa shape index (κ2) is 5.53. The van der Waals surface area contributed by atoms with Gasteiger partial charge in [-0.3, -0.25) is 10.1 Å². The van der Waals surface area contributed by atoms with E-state index in [1.807, 2.05) is 0 Å². The molecule has 0 spiro atoms. The predicted octanol–water partition coefficient (Wildman–Crippen LogP) is 2.22. The normalized spacial score (nSPS) is 10.2. The molecule has 0 unspecified atom stereocenters. The van der Waals surface area contributed by atoms with Gasteiger partial charge in [-0.15, -0.1) is 0 Å². The number of nitro groups is 1. The highest BCUT2D eigenvalue weighted by atomic mass is 32.1. The van der Waals surface area contributed by atoms with Gasteiger partial charge in [0.25, 0.3) is 0 Å². The van der Waals surface area contributed by atoms with Gasteiger partial charge in [-0.25, -0.2) is 4.98 Å². The van der Waals surface area contributed by atoms with E-state index < -0.39 is 4.92 Å². The van der Waals surface area contributed by atoms with Crippen molar-refractivity contribution in [2.24, 2.45) is 0 Å². The molecule has 0 bridgehead atoms. The summed E-state index contributed by atoms with van der Waals surface area (Å²) in [5.74, 6) is 0.582. The molecule has 7 nitrogen and oxygen atoms in total. The number of nitro benzene ring substituents is 1. The van der Waals surface area contributed by atoms with E-state index in [1.54, 1.807) is 12.3 Å². The van der Waals surface area contributed by atoms with Crippen LogP contribution in [0.5, 0.6) is 11.5 Å². The standard InChI is InChI=1S/C11H11N3O4S/c1-17-7-2-3-10(9(4-7)14(15)16)18-6-8-5-13-11(12)19-8/h2-5H,6H2,1H3,(H2,12,13). The Morgan fingerprint density at radius 1 is 1.53 bits per heavy atom. The molecule has 1 heterocycles. The van der Waals surface area contributed by atoms with Crippen molar-refractivity contribution < 1.29 is 14.4 Å². The van der Waals surface area contributed by atoms with Gasteiger partial charge >= 0.3 is 5.69 Å². The van der Waals surface area contributed by atoms with Crippen LogP contribution in [-0.4, -0.2) is 17.0 Å². The van der Waals surface area contributed by atoms with Crippen molar-refractivity contribution >= 4 is 22.2 Å². The van der Waals surface area contributed by atoms with Crippen LogP contribution in [0.3, 0.4) is 0 Å². The Kier molecular flexibility index (Phi) is 3.81. The second-order valence-corrected chi connectivity index (χ2v) is 4.69. The van der Waals surface area contributed by atoms with Crippen LogP contribution < -0.4 is 15.2 Å². The number of benzene rings is 1. The SMILES string of the molecule is COc1ccc(OCc2cnc(N)s2)c([N+](=O)[O-])c1. The minimum atomic E-state index is -0.515. The number of nitrogens with zero attached hydrogens (tertiary/aromatic N) is 2. The van der Waals surface area contributed by atoms with Crippen molar-refractivity contribution in [3.63, 3.8) is 0 Å². The molecule has 19 heavy (non-hydrogen) atoms. The van der Waals surface area contributed by atoms with Gasteiger partial charge in [-0.05, 0) is 12.1 Å². The van der Waals surface area contributed by atoms with E-state index in [0.29, 0.717) is 10.9 Å². The lowest BCUT2D eigenvalue weighted by Gasteiger charge is -2.06. The van der Waals surface area contributed by atoms with Crippen LogP contribution in [0.1, 0.15) is 4.88 Å². The highest BCUT2D eigenvalue weighted by Gasteiger charge is 2.16. The molecule has 8 heteroatoms. The van der Waals surface area contributed by atoms with E-state index >= 15 is 0 Å². The van der Waals surface area contributed by atoms with E-state index in [1.165, 1.54) is 30.6 Å². The van der Waals surface area contributed by atoms with E-state index in [0.717, 1.165) is 4.88 Å². The van der Waals surface area contributed by atoms with Crippen LogP contribution in [0.25, 0.3) is 0 Å². The van der Waals surface area contributed by atoms with E-state index in [-0.39, 0.29) is 18.0 Å². The van der Waals surface area contributed by atoms with Crippen molar-refractivity contribution in [1.29, 1.82) is 0 Å². The fraction of sp³-hybridized carbons (Fsp3) is 0.182. The van der Waals surface area contributed by atoms with Gasteiger partial charge in [-0.1, -0.05) is 11.3 Å². The molecule has 2 rings (SSSR count). The van der Waals surface area contributed by atoms with Gasteiger partial charge in [-0.2, -0.15) is 0 Å². The van der Waals surface area contributed by atoms with Gasteiger partial charge in [0.05, 0.1) is 23.0 Å². The monoisotopic (exact) mass is 281 g/mol. The minimum Gasteiger partial charge on any atom is -0.496 e. The molecule has 2 N–H and O–H groups in total. The first kappa shape index (κ1) is 13.1. The van der Waals surface area contributed by atoms with Crippen molar-refractivity contribution in [1.82, 2.24) is 4.98 Å². The third-order valence-corrected chi connectivity index (χ3v) is 3.10. The number of thiazole rings is 1. The lowest BCUT2D eigenvalue weighted by molar-refractivity contribution is -0.386. The number of hydrogen-bond acceptors (Lipinski definition) is 7. The molecule has 1 aromatic heterocycles. The number of nitrogen functional groups attached to an aromatic ring is 1. The lowest BCUT2D eigenvalue weighted by atomic mass is 10.3. The fourth-order valence-corrected chi connectivity index (χ4v) is 2.02. The first-order valence-electron chi connectivity index (χ1n) is 5.25. The quantitative estimate of drug-likeness (QED) is 0.666. The second-order valence-electron chi connectivity index (χ2n) is 3.54. The average molecular weight is 281 g/mol. The highest BCUT2D eigenvalue weighted by Crippen LogP contribution is 2.31. The molecular formula is C11H11N3O4S. The Morgan fingerprint density at radius 3 is 2.89 bits per heavy atom. The smallest absolute Gasteiger partial charge is 0.314 e. The summed E-state index contributed by atoms with van der Waals surface area (Å²) in [4.78, 5) is 15.1. The Balaban J connectivity index is 2.17. The topological polar surface area (TPSA) is 101 Å². The number of anilines is 1. The first-order chi connectivity index (χ1) is 9.10. The summed E-state index contributed by atoms with van der Waals surface area (Å²) < 4.78 is 10.4. The molecule has 0 aliphatic heterocycles. The zero-order valence-electron chi connectivity index (χ0n) is 10.0. The summed E-state index contributed by atoms with van der Waals surface area (Å²) in [6, 6.07) is 4.42. The number of ether oxygens (including phenoxy) is 2. The van der Waals surface area contributed by atoms with Crippen molar-refractivity contribution in [3.8, 4) is 11.5 Å². The summed E-state index contributed by atoms with van der Waals surface area (Å²) in [7, 11) is 1.44. The predicted molar refractivity (Wildman–Crippen MR) is 70.5 cm³/mol. The summed E-state index contributed by atoms with van der Waals surface area (Å²) in [6.45, 7) is 0.183. The summed E-state index contributed by atoms with van der Waals surface area (Å²) in [5, 5.41) is 11.4. The Hall–Kier alpha value is -2.35. The van der Waals surface area contributed by atoms with Crippen molar-refractivity contribution in [2.45, 2.75) is 6.61 Å². The Bertz CT molecular complexity index is 599.